The molecular weight excluding hydrogens is 572 g/mol. The number of ether oxygens (including phenoxy) is 3. The molecule has 2 aromatic heterocycles. The SMILES string of the molecule is COC(=O)c1cc(C(F)(F)F)cnc1Nc1ccc(F)cc1CCCCCc1nc(OC)ccc1NC(=O)OC(C)(C)C. The second-order valence-corrected chi connectivity index (χ2v) is 10.6. The first kappa shape index (κ1) is 33.1. The summed E-state index contributed by atoms with van der Waals surface area (Å²) in [4.78, 5) is 32.8. The van der Waals surface area contributed by atoms with Gasteiger partial charge >= 0.3 is 18.2 Å². The lowest BCUT2D eigenvalue weighted by Gasteiger charge is -2.20. The van der Waals surface area contributed by atoms with Crippen LogP contribution < -0.4 is 15.4 Å². The average Bonchev–Trinajstić information content (AvgIpc) is 2.93. The lowest BCUT2D eigenvalue weighted by Crippen LogP contribution is -2.27. The molecule has 2 heterocycles. The number of nitrogens with one attached hydrogen (secondary N) is 2. The van der Waals surface area contributed by atoms with Crippen LogP contribution in [0, 0.1) is 5.82 Å². The Labute approximate surface area is 247 Å². The van der Waals surface area contributed by atoms with Gasteiger partial charge in [-0.2, -0.15) is 13.2 Å². The number of benzene rings is 1. The van der Waals surface area contributed by atoms with E-state index in [0.29, 0.717) is 72.9 Å². The summed E-state index contributed by atoms with van der Waals surface area (Å²) in [7, 11) is 2.54. The number of esters is 1. The molecule has 2 N–H and O–H groups in total. The molecule has 9 nitrogen and oxygen atoms in total. The highest BCUT2D eigenvalue weighted by Gasteiger charge is 2.33. The van der Waals surface area contributed by atoms with E-state index < -0.39 is 40.8 Å². The first-order chi connectivity index (χ1) is 20.2. The van der Waals surface area contributed by atoms with Crippen LogP contribution in [0.25, 0.3) is 0 Å². The summed E-state index contributed by atoms with van der Waals surface area (Å²) in [5, 5.41) is 5.58. The maximum absolute atomic E-state index is 14.1. The van der Waals surface area contributed by atoms with Crippen LogP contribution in [0.2, 0.25) is 0 Å². The molecule has 1 amide bonds. The predicted molar refractivity (Wildman–Crippen MR) is 152 cm³/mol. The summed E-state index contributed by atoms with van der Waals surface area (Å²) in [6, 6.07) is 7.92. The van der Waals surface area contributed by atoms with Crippen molar-refractivity contribution in [2.45, 2.75) is 64.7 Å². The molecule has 0 spiro atoms. The van der Waals surface area contributed by atoms with E-state index in [-0.39, 0.29) is 5.82 Å². The average molecular weight is 607 g/mol. The van der Waals surface area contributed by atoms with Gasteiger partial charge in [-0.15, -0.1) is 0 Å². The van der Waals surface area contributed by atoms with Gasteiger partial charge in [0.05, 0.1) is 31.2 Å². The fraction of sp³-hybridized carbons (Fsp3) is 0.400. The van der Waals surface area contributed by atoms with Crippen LogP contribution >= 0.6 is 0 Å². The maximum Gasteiger partial charge on any atom is 0.417 e. The van der Waals surface area contributed by atoms with Gasteiger partial charge in [-0.3, -0.25) is 5.32 Å². The predicted octanol–water partition coefficient (Wildman–Crippen LogP) is 7.48. The smallest absolute Gasteiger partial charge is 0.417 e. The van der Waals surface area contributed by atoms with Crippen molar-refractivity contribution < 1.29 is 41.4 Å². The third-order valence-corrected chi connectivity index (χ3v) is 6.09. The van der Waals surface area contributed by atoms with Crippen molar-refractivity contribution in [1.29, 1.82) is 0 Å². The topological polar surface area (TPSA) is 112 Å². The molecule has 3 rings (SSSR count). The number of methoxy groups -OCH3 is 2. The molecular formula is C30H34F4N4O5. The van der Waals surface area contributed by atoms with E-state index in [0.717, 1.165) is 7.11 Å². The van der Waals surface area contributed by atoms with E-state index in [1.54, 1.807) is 32.9 Å². The zero-order chi connectivity index (χ0) is 31.8. The Morgan fingerprint density at radius 2 is 1.63 bits per heavy atom. The van der Waals surface area contributed by atoms with E-state index in [2.05, 4.69) is 25.3 Å². The van der Waals surface area contributed by atoms with Gasteiger partial charge in [-0.25, -0.2) is 23.9 Å². The van der Waals surface area contributed by atoms with Crippen molar-refractivity contribution in [2.75, 3.05) is 24.9 Å². The fourth-order valence-electron chi connectivity index (χ4n) is 4.10. The number of hydrogen-bond donors (Lipinski definition) is 2. The zero-order valence-electron chi connectivity index (χ0n) is 24.5. The fourth-order valence-corrected chi connectivity index (χ4v) is 4.10. The van der Waals surface area contributed by atoms with Gasteiger partial charge in [0.15, 0.2) is 0 Å². The van der Waals surface area contributed by atoms with Crippen LogP contribution in [0.3, 0.4) is 0 Å². The molecule has 13 heteroatoms. The second kappa shape index (κ2) is 14.2. The van der Waals surface area contributed by atoms with Crippen molar-refractivity contribution >= 4 is 29.3 Å². The number of nitrogens with zero attached hydrogens (tertiary/aromatic N) is 2. The summed E-state index contributed by atoms with van der Waals surface area (Å²) in [6.45, 7) is 5.28. The molecule has 3 aromatic rings. The molecule has 0 aliphatic heterocycles. The Bertz CT molecular complexity index is 1440. The lowest BCUT2D eigenvalue weighted by molar-refractivity contribution is -0.137. The van der Waals surface area contributed by atoms with Crippen LogP contribution in [0.5, 0.6) is 5.88 Å². The minimum atomic E-state index is -4.71. The Hall–Kier alpha value is -4.42. The van der Waals surface area contributed by atoms with Gasteiger partial charge in [0, 0.05) is 18.0 Å². The number of aryl methyl sites for hydroxylation is 2. The van der Waals surface area contributed by atoms with Gasteiger partial charge in [0.1, 0.15) is 22.8 Å². The largest absolute Gasteiger partial charge is 0.481 e. The highest BCUT2D eigenvalue weighted by Crippen LogP contribution is 2.32. The third kappa shape index (κ3) is 9.83. The molecule has 0 unspecified atom stereocenters. The van der Waals surface area contributed by atoms with Gasteiger partial charge in [0.2, 0.25) is 5.88 Å². The molecule has 0 aliphatic carbocycles. The Morgan fingerprint density at radius 1 is 0.930 bits per heavy atom. The number of unbranched alkanes of at least 4 members (excludes halogenated alkanes) is 2. The summed E-state index contributed by atoms with van der Waals surface area (Å²) in [5.41, 5.74) is -0.138. The first-order valence-electron chi connectivity index (χ1n) is 13.4. The summed E-state index contributed by atoms with van der Waals surface area (Å²) >= 11 is 0. The molecule has 0 radical (unpaired) electrons. The summed E-state index contributed by atoms with van der Waals surface area (Å²) in [5.74, 6) is -1.26. The normalized spacial score (nSPS) is 11.6. The van der Waals surface area contributed by atoms with Crippen LogP contribution in [0.1, 0.15) is 67.2 Å². The van der Waals surface area contributed by atoms with Crippen molar-refractivity contribution in [3.8, 4) is 5.88 Å². The zero-order valence-corrected chi connectivity index (χ0v) is 24.5. The second-order valence-electron chi connectivity index (χ2n) is 10.6. The number of alkyl halides is 3. The van der Waals surface area contributed by atoms with E-state index in [4.69, 9.17) is 9.47 Å². The van der Waals surface area contributed by atoms with E-state index in [9.17, 15) is 27.2 Å². The maximum atomic E-state index is 14.1. The molecule has 0 saturated heterocycles. The number of hydrogen-bond acceptors (Lipinski definition) is 8. The number of carbonyl (C=O) groups excluding carboxylic acids is 2. The number of aromatic nitrogens is 2. The summed E-state index contributed by atoms with van der Waals surface area (Å²) in [6.07, 6.45) is -1.78. The van der Waals surface area contributed by atoms with Crippen molar-refractivity contribution in [2.24, 2.45) is 0 Å². The van der Waals surface area contributed by atoms with Crippen LogP contribution in [-0.4, -0.2) is 41.9 Å². The Balaban J connectivity index is 1.69. The molecule has 1 aromatic carbocycles. The number of carbonyl (C=O) groups is 2. The number of rotatable bonds is 11. The number of anilines is 3. The monoisotopic (exact) mass is 606 g/mol. The van der Waals surface area contributed by atoms with Crippen LogP contribution in [-0.2, 0) is 28.5 Å². The molecule has 0 bridgehead atoms. The quantitative estimate of drug-likeness (QED) is 0.131. The Morgan fingerprint density at radius 3 is 2.28 bits per heavy atom. The van der Waals surface area contributed by atoms with Crippen molar-refractivity contribution in [1.82, 2.24) is 9.97 Å². The minimum Gasteiger partial charge on any atom is -0.481 e. The molecule has 43 heavy (non-hydrogen) atoms. The molecule has 0 aliphatic rings. The third-order valence-electron chi connectivity index (χ3n) is 6.09. The number of pyridine rings is 2. The van der Waals surface area contributed by atoms with Crippen LogP contribution in [0.4, 0.5) is 39.5 Å². The van der Waals surface area contributed by atoms with Crippen molar-refractivity contribution in [3.05, 3.63) is 70.8 Å². The van der Waals surface area contributed by atoms with Gasteiger partial charge in [-0.1, -0.05) is 6.42 Å². The van der Waals surface area contributed by atoms with E-state index in [1.807, 2.05) is 0 Å². The highest BCUT2D eigenvalue weighted by atomic mass is 19.4. The standard InChI is InChI=1S/C30H34F4N4O5/c1-29(2,3)43-28(40)38-24-13-14-25(41-4)36-23(24)10-8-6-7-9-18-15-20(31)11-12-22(18)37-26-21(27(39)42-5)16-19(17-35-26)30(32,33)34/h11-17H,6-10H2,1-5H3,(H,35,37)(H,38,40). The first-order valence-corrected chi connectivity index (χ1v) is 13.4. The van der Waals surface area contributed by atoms with E-state index >= 15 is 0 Å². The van der Waals surface area contributed by atoms with Crippen LogP contribution in [0.15, 0.2) is 42.6 Å². The lowest BCUT2D eigenvalue weighted by atomic mass is 10.0. The van der Waals surface area contributed by atoms with E-state index in [1.165, 1.54) is 25.3 Å². The van der Waals surface area contributed by atoms with Crippen molar-refractivity contribution in [3.63, 3.8) is 0 Å². The van der Waals surface area contributed by atoms with Gasteiger partial charge < -0.3 is 19.5 Å². The minimum absolute atomic E-state index is 0.151. The number of amides is 1. The van der Waals surface area contributed by atoms with Gasteiger partial charge in [-0.05, 0) is 82.3 Å². The molecule has 0 fully saturated rings. The summed E-state index contributed by atoms with van der Waals surface area (Å²) < 4.78 is 68.9. The molecule has 0 atom stereocenters. The molecule has 232 valence electrons. The Kier molecular flexibility index (Phi) is 10.9. The highest BCUT2D eigenvalue weighted by molar-refractivity contribution is 5.95. The van der Waals surface area contributed by atoms with Gasteiger partial charge in [0.25, 0.3) is 0 Å². The molecule has 0 saturated carbocycles. The number of halogens is 4.